The molecule has 9 aromatic heterocycles. The van der Waals surface area contributed by atoms with Crippen LogP contribution in [-0.4, -0.2) is 198 Å². The summed E-state index contributed by atoms with van der Waals surface area (Å²) in [5.41, 5.74) is 11.1. The number of benzene rings is 2. The molecular formula is C89H142ClN16O13PS2Si2. The highest BCUT2D eigenvalue weighted by atomic mass is 35.5. The molecule has 35 heteroatoms. The Kier molecular flexibility index (Phi) is 44.8. The number of esters is 2. The fraction of sp³-hybridized carbons (Fsp3) is 0.573. The van der Waals surface area contributed by atoms with E-state index in [0.29, 0.717) is 75.0 Å². The molecule has 0 saturated heterocycles. The van der Waals surface area contributed by atoms with E-state index >= 15 is 0 Å². The van der Waals surface area contributed by atoms with Crippen LogP contribution in [0.5, 0.6) is 0 Å². The first-order valence-corrected chi connectivity index (χ1v) is 52.5. The molecule has 11 aromatic rings. The van der Waals surface area contributed by atoms with E-state index in [0.717, 1.165) is 69.0 Å². The van der Waals surface area contributed by atoms with E-state index in [4.69, 9.17) is 38.8 Å². The molecule has 4 atom stereocenters. The molecule has 0 spiro atoms. The van der Waals surface area contributed by atoms with Crippen LogP contribution in [0.1, 0.15) is 208 Å². The molecule has 9 heterocycles. The van der Waals surface area contributed by atoms with Gasteiger partial charge in [0.2, 0.25) is 0 Å². The molecular weight excluding hydrogens is 1690 g/mol. The molecule has 0 aliphatic heterocycles. The number of ether oxygens (including phenoxy) is 3. The smallest absolute Gasteiger partial charge is 0.311 e. The fourth-order valence-electron chi connectivity index (χ4n) is 10.8. The van der Waals surface area contributed by atoms with Crippen LogP contribution in [0.25, 0.3) is 44.7 Å². The lowest BCUT2D eigenvalue weighted by Gasteiger charge is -2.37. The van der Waals surface area contributed by atoms with E-state index in [2.05, 4.69) is 177 Å². The topological polar surface area (TPSA) is 356 Å². The molecule has 4 unspecified atom stereocenters. The average Bonchev–Trinajstić information content (AvgIpc) is 1.66. The fourth-order valence-corrected chi connectivity index (χ4v) is 15.3. The average molecular weight is 1830 g/mol. The first-order valence-electron chi connectivity index (χ1n) is 41.2. The lowest BCUT2D eigenvalue weighted by atomic mass is 9.97. The van der Waals surface area contributed by atoms with Gasteiger partial charge in [0.25, 0.3) is 10.1 Å². The van der Waals surface area contributed by atoms with Crippen LogP contribution in [0, 0.1) is 52.4 Å². The van der Waals surface area contributed by atoms with E-state index < -0.39 is 44.7 Å². The maximum atomic E-state index is 12.2. The van der Waals surface area contributed by atoms with Crippen molar-refractivity contribution < 1.29 is 60.0 Å². The van der Waals surface area contributed by atoms with Crippen molar-refractivity contribution in [1.29, 1.82) is 0 Å². The Morgan fingerprint density at radius 3 is 1.21 bits per heavy atom. The lowest BCUT2D eigenvalue weighted by molar-refractivity contribution is -0.154. The minimum atomic E-state index is -3.54. The second kappa shape index (κ2) is 50.5. The highest BCUT2D eigenvalue weighted by molar-refractivity contribution is 7.86. The third-order valence-corrected chi connectivity index (χ3v) is 32.6. The molecule has 0 aliphatic carbocycles. The number of aliphatic hydroxyl groups is 2. The molecule has 0 amide bonds. The Balaban J connectivity index is 0.000000391. The molecule has 0 radical (unpaired) electrons. The molecule has 688 valence electrons. The second-order valence-electron chi connectivity index (χ2n) is 35.5. The van der Waals surface area contributed by atoms with E-state index in [1.54, 1.807) is 80.6 Å². The van der Waals surface area contributed by atoms with Gasteiger partial charge in [-0.2, -0.15) is 19.8 Å². The molecule has 0 aliphatic rings. The number of halogens is 1. The van der Waals surface area contributed by atoms with Gasteiger partial charge in [-0.15, -0.1) is 0 Å². The standard InChI is InChI=1S/C21H36N4O3Si.C20H33ClN4O3Si.C13H21N4O3P.C11H16N4O.C10H14O3S.C7H8.C5H6S.2CH4/c1-15-17-18(23-13-22-15)25(14-24-17)16(10-11-27-19(26)20(2,3)4)12-28-29(8,9)21(5,6)7;1-19(2,3)18(26)27-10-9-14(11-28-29(7,8)20(4,5)6)25-13-24-15-16(21)22-12-23-17(15)25;1-10-12-13(15-7-14-10)17(8-16-12)11(4-5-18)6-20-9-21(2,3)19;1-3-4-9(5-16)15-7-14-10-8(2)12-6-13-11(10)15;1-3-8-13-14(11,12)10-6-4-9(2)5-7-10;1-7-5-3-2-4-6-7;1-5-2-3-6-4-5;;/h13-14,16H,10-12H2,1-9H3;12-14H,9-11H2,1-8H3;7-8,11,18H,4-6,9H2,1-3H3;6-7,9,16H,3-5H2,1-2H3;4-7H,3,8H2,1-2H3;2-6H,1H3;2-4H,1H3;2*1H4. The van der Waals surface area contributed by atoms with Crippen molar-refractivity contribution in [2.45, 2.75) is 257 Å². The van der Waals surface area contributed by atoms with Gasteiger partial charge in [0.15, 0.2) is 44.4 Å². The van der Waals surface area contributed by atoms with Crippen LogP contribution >= 0.6 is 30.1 Å². The van der Waals surface area contributed by atoms with Gasteiger partial charge in [-0.3, -0.25) is 13.8 Å². The third-order valence-electron chi connectivity index (χ3n) is 20.4. The number of aromatic nitrogens is 16. The number of aliphatic hydroxyl groups excluding tert-OH is 2. The van der Waals surface area contributed by atoms with Crippen LogP contribution in [0.15, 0.2) is 127 Å². The predicted octanol–water partition coefficient (Wildman–Crippen LogP) is 20.3. The van der Waals surface area contributed by atoms with Crippen molar-refractivity contribution >= 4 is 113 Å². The summed E-state index contributed by atoms with van der Waals surface area (Å²) in [5, 5.41) is 23.3. The van der Waals surface area contributed by atoms with Gasteiger partial charge in [0.05, 0.1) is 135 Å². The second-order valence-corrected chi connectivity index (χ2v) is 51.3. The van der Waals surface area contributed by atoms with Crippen LogP contribution in [0.2, 0.25) is 41.4 Å². The van der Waals surface area contributed by atoms with E-state index in [1.165, 1.54) is 30.1 Å². The molecule has 11 rings (SSSR count). The SMILES string of the molecule is C.C.CC(C)(C)C(=O)OCCC(CO[Si](C)(C)C(C)(C)C)n1cnc2c(Cl)ncnc21.CCCC(CO)n1cnc2c(C)ncnc21.CCCOS(=O)(=O)c1ccc(C)cc1.Cc1ccccc1.Cc1ccsc1.Cc1ncnc2c1ncn2C(CCO)COCP(C)(C)=O.Cc1ncnc2c1ncn2C(CCOC(=O)C(C)(C)C)CO[Si](C)(C)C(C)(C)C. The highest BCUT2D eigenvalue weighted by Crippen LogP contribution is 2.40. The highest BCUT2D eigenvalue weighted by Gasteiger charge is 2.40. The van der Waals surface area contributed by atoms with Gasteiger partial charge >= 0.3 is 11.9 Å². The van der Waals surface area contributed by atoms with Crippen molar-refractivity contribution in [3.8, 4) is 0 Å². The van der Waals surface area contributed by atoms with Crippen molar-refractivity contribution in [2.75, 3.05) is 72.5 Å². The number of nitrogens with zero attached hydrogens (tertiary/aromatic N) is 16. The number of rotatable bonds is 29. The number of hydrogen-bond donors (Lipinski definition) is 2. The largest absolute Gasteiger partial charge is 0.465 e. The van der Waals surface area contributed by atoms with Crippen LogP contribution in [0.4, 0.5) is 0 Å². The van der Waals surface area contributed by atoms with Gasteiger partial charge < -0.3 is 56.1 Å². The summed E-state index contributed by atoms with van der Waals surface area (Å²) in [4.78, 5) is 75.7. The summed E-state index contributed by atoms with van der Waals surface area (Å²) in [6.45, 7) is 54.8. The minimum Gasteiger partial charge on any atom is -0.465 e. The lowest BCUT2D eigenvalue weighted by Crippen LogP contribution is -2.42. The van der Waals surface area contributed by atoms with Gasteiger partial charge in [-0.1, -0.05) is 142 Å². The summed E-state index contributed by atoms with van der Waals surface area (Å²) >= 11 is 7.90. The molecule has 2 N–H and O–H groups in total. The van der Waals surface area contributed by atoms with Crippen LogP contribution in [0.3, 0.4) is 0 Å². The quantitative estimate of drug-likeness (QED) is 0.0145. The first-order chi connectivity index (χ1) is 57.0. The molecule has 29 nitrogen and oxygen atoms in total. The van der Waals surface area contributed by atoms with Crippen molar-refractivity contribution in [1.82, 2.24) is 78.1 Å². The van der Waals surface area contributed by atoms with Crippen molar-refractivity contribution in [3.05, 3.63) is 161 Å². The summed E-state index contributed by atoms with van der Waals surface area (Å²) < 4.78 is 76.7. The number of aryl methyl sites for hydroxylation is 6. The van der Waals surface area contributed by atoms with E-state index in [-0.39, 0.29) is 92.1 Å². The van der Waals surface area contributed by atoms with Crippen LogP contribution < -0.4 is 0 Å². The minimum absolute atomic E-state index is 0. The summed E-state index contributed by atoms with van der Waals surface area (Å²) in [6.07, 6.45) is 17.5. The van der Waals surface area contributed by atoms with Crippen molar-refractivity contribution in [2.24, 2.45) is 10.8 Å². The number of imidazole rings is 4. The Bertz CT molecular complexity index is 5020. The normalized spacial score (nSPS) is 12.9. The number of hydrogen-bond acceptors (Lipinski definition) is 26. The summed E-state index contributed by atoms with van der Waals surface area (Å²) in [7, 11) is -9.62. The molecule has 2 aromatic carbocycles. The zero-order valence-electron chi connectivity index (χ0n) is 76.6. The molecule has 124 heavy (non-hydrogen) atoms. The number of carbonyl (C=O) groups is 2. The molecule has 0 bridgehead atoms. The molecule has 0 fully saturated rings. The molecule has 0 saturated carbocycles. The van der Waals surface area contributed by atoms with Crippen LogP contribution in [-0.2, 0) is 51.5 Å². The Morgan fingerprint density at radius 1 is 0.492 bits per heavy atom. The summed E-state index contributed by atoms with van der Waals surface area (Å²) in [6, 6.07) is 18.8. The van der Waals surface area contributed by atoms with E-state index in [9.17, 15) is 32.8 Å². The first kappa shape index (κ1) is 110. The van der Waals surface area contributed by atoms with Crippen molar-refractivity contribution in [3.63, 3.8) is 0 Å². The van der Waals surface area contributed by atoms with Gasteiger partial charge in [0.1, 0.15) is 54.5 Å². The number of thiophene rings is 1. The third kappa shape index (κ3) is 34.6. The maximum Gasteiger partial charge on any atom is 0.311 e. The predicted molar refractivity (Wildman–Crippen MR) is 505 cm³/mol. The Labute approximate surface area is 748 Å². The van der Waals surface area contributed by atoms with Gasteiger partial charge in [-0.05, 0) is 186 Å². The zero-order valence-corrected chi connectivity index (χ0v) is 81.9. The number of carbonyl (C=O) groups excluding carboxylic acids is 2. The summed E-state index contributed by atoms with van der Waals surface area (Å²) in [5.74, 6) is -0.419. The van der Waals surface area contributed by atoms with Gasteiger partial charge in [-0.25, -0.2) is 59.8 Å². The number of fused-ring (bicyclic) bond motifs is 4. The van der Waals surface area contributed by atoms with E-state index in [1.807, 2.05) is 113 Å². The monoisotopic (exact) mass is 1830 g/mol. The maximum absolute atomic E-state index is 12.2. The zero-order chi connectivity index (χ0) is 91.2. The Hall–Kier alpha value is -8.06. The van der Waals surface area contributed by atoms with Gasteiger partial charge in [0, 0.05) is 19.4 Å². The Morgan fingerprint density at radius 2 is 0.879 bits per heavy atom.